The van der Waals surface area contributed by atoms with Crippen LogP contribution in [0, 0.1) is 0 Å². The molecule has 0 aromatic heterocycles. The van der Waals surface area contributed by atoms with Crippen LogP contribution in [0.5, 0.6) is 0 Å². The maximum absolute atomic E-state index is 9.31. The van der Waals surface area contributed by atoms with E-state index in [4.69, 9.17) is 9.47 Å². The van der Waals surface area contributed by atoms with Crippen LogP contribution in [0.3, 0.4) is 0 Å². The molecule has 62 valence electrons. The lowest BCUT2D eigenvalue weighted by Gasteiger charge is -2.27. The van der Waals surface area contributed by atoms with Gasteiger partial charge in [0.2, 0.25) is 0 Å². The van der Waals surface area contributed by atoms with Gasteiger partial charge in [0.25, 0.3) is 0 Å². The SMILES string of the molecule is CC[C@@]12C=CC(O)[C@@H](CO1)O2. The summed E-state index contributed by atoms with van der Waals surface area (Å²) in [6, 6.07) is 0. The molecule has 3 heteroatoms. The molecule has 0 spiro atoms. The summed E-state index contributed by atoms with van der Waals surface area (Å²) in [4.78, 5) is 0. The minimum atomic E-state index is -0.524. The molecule has 1 N–H and O–H groups in total. The summed E-state index contributed by atoms with van der Waals surface area (Å²) in [6.07, 6.45) is 3.72. The van der Waals surface area contributed by atoms with E-state index >= 15 is 0 Å². The number of hydrogen-bond acceptors (Lipinski definition) is 3. The average Bonchev–Trinajstić information content (AvgIpc) is 2.40. The quantitative estimate of drug-likeness (QED) is 0.560. The van der Waals surface area contributed by atoms with Crippen molar-refractivity contribution in [2.45, 2.75) is 31.3 Å². The van der Waals surface area contributed by atoms with Crippen LogP contribution < -0.4 is 0 Å². The van der Waals surface area contributed by atoms with Crippen LogP contribution in [0.1, 0.15) is 13.3 Å². The third-order valence-electron chi connectivity index (χ3n) is 2.26. The molecule has 0 saturated carbocycles. The van der Waals surface area contributed by atoms with Gasteiger partial charge in [0, 0.05) is 6.42 Å². The van der Waals surface area contributed by atoms with E-state index in [1.54, 1.807) is 12.2 Å². The highest BCUT2D eigenvalue weighted by Crippen LogP contribution is 2.33. The van der Waals surface area contributed by atoms with Crippen LogP contribution in [-0.4, -0.2) is 29.7 Å². The highest BCUT2D eigenvalue weighted by molar-refractivity contribution is 5.09. The van der Waals surface area contributed by atoms with Gasteiger partial charge in [-0.25, -0.2) is 0 Å². The molecule has 0 aromatic rings. The van der Waals surface area contributed by atoms with Crippen molar-refractivity contribution in [2.75, 3.05) is 6.61 Å². The fourth-order valence-electron chi connectivity index (χ4n) is 1.48. The predicted molar refractivity (Wildman–Crippen MR) is 39.0 cm³/mol. The highest BCUT2D eigenvalue weighted by atomic mass is 16.7. The van der Waals surface area contributed by atoms with Crippen molar-refractivity contribution in [3.8, 4) is 0 Å². The van der Waals surface area contributed by atoms with E-state index in [1.807, 2.05) is 6.92 Å². The van der Waals surface area contributed by atoms with Crippen LogP contribution in [0.15, 0.2) is 12.2 Å². The number of rotatable bonds is 1. The van der Waals surface area contributed by atoms with Gasteiger partial charge >= 0.3 is 0 Å². The van der Waals surface area contributed by atoms with Crippen molar-refractivity contribution >= 4 is 0 Å². The van der Waals surface area contributed by atoms with E-state index < -0.39 is 11.9 Å². The summed E-state index contributed by atoms with van der Waals surface area (Å²) in [7, 11) is 0. The monoisotopic (exact) mass is 156 g/mol. The summed E-state index contributed by atoms with van der Waals surface area (Å²) in [5.41, 5.74) is 0. The lowest BCUT2D eigenvalue weighted by atomic mass is 10.1. The lowest BCUT2D eigenvalue weighted by molar-refractivity contribution is -0.148. The first kappa shape index (κ1) is 7.28. The summed E-state index contributed by atoms with van der Waals surface area (Å²) in [5.74, 6) is -0.524. The molecule has 2 rings (SSSR count). The lowest BCUT2D eigenvalue weighted by Crippen LogP contribution is -2.36. The minimum absolute atomic E-state index is 0.153. The molecular formula is C8H12O3. The fourth-order valence-corrected chi connectivity index (χ4v) is 1.48. The Hall–Kier alpha value is -0.380. The number of hydrogen-bond donors (Lipinski definition) is 1. The Balaban J connectivity index is 2.23. The summed E-state index contributed by atoms with van der Waals surface area (Å²) in [5, 5.41) is 9.31. The van der Waals surface area contributed by atoms with Gasteiger partial charge in [0.1, 0.15) is 12.2 Å². The van der Waals surface area contributed by atoms with Crippen LogP contribution in [-0.2, 0) is 9.47 Å². The maximum Gasteiger partial charge on any atom is 0.188 e. The highest BCUT2D eigenvalue weighted by Gasteiger charge is 2.43. The summed E-state index contributed by atoms with van der Waals surface area (Å²) < 4.78 is 10.9. The van der Waals surface area contributed by atoms with Gasteiger partial charge in [-0.2, -0.15) is 0 Å². The van der Waals surface area contributed by atoms with Crippen LogP contribution in [0.4, 0.5) is 0 Å². The molecule has 1 fully saturated rings. The average molecular weight is 156 g/mol. The molecule has 3 atom stereocenters. The summed E-state index contributed by atoms with van der Waals surface area (Å²) >= 11 is 0. The summed E-state index contributed by atoms with van der Waals surface area (Å²) in [6.45, 7) is 2.51. The fraction of sp³-hybridized carbons (Fsp3) is 0.750. The molecule has 3 nitrogen and oxygen atoms in total. The number of aliphatic hydroxyl groups excluding tert-OH is 1. The maximum atomic E-state index is 9.31. The first-order valence-corrected chi connectivity index (χ1v) is 3.95. The van der Waals surface area contributed by atoms with E-state index in [1.165, 1.54) is 0 Å². The van der Waals surface area contributed by atoms with E-state index in [2.05, 4.69) is 0 Å². The Labute approximate surface area is 65.6 Å². The zero-order valence-electron chi connectivity index (χ0n) is 6.49. The molecule has 0 aliphatic carbocycles. The van der Waals surface area contributed by atoms with Crippen molar-refractivity contribution in [1.29, 1.82) is 0 Å². The molecule has 1 saturated heterocycles. The number of fused-ring (bicyclic) bond motifs is 2. The number of ether oxygens (including phenoxy) is 2. The Bertz CT molecular complexity index is 190. The molecule has 0 radical (unpaired) electrons. The molecule has 2 bridgehead atoms. The Kier molecular flexibility index (Phi) is 1.52. The van der Waals surface area contributed by atoms with E-state index in [0.717, 1.165) is 6.42 Å². The first-order chi connectivity index (χ1) is 5.26. The number of aliphatic hydroxyl groups is 1. The van der Waals surface area contributed by atoms with Gasteiger partial charge in [0.05, 0.1) is 6.61 Å². The second kappa shape index (κ2) is 2.30. The largest absolute Gasteiger partial charge is 0.386 e. The smallest absolute Gasteiger partial charge is 0.188 e. The molecule has 2 aliphatic heterocycles. The Morgan fingerprint density at radius 1 is 1.73 bits per heavy atom. The first-order valence-electron chi connectivity index (χ1n) is 3.95. The molecule has 0 amide bonds. The molecule has 1 unspecified atom stereocenters. The minimum Gasteiger partial charge on any atom is -0.386 e. The topological polar surface area (TPSA) is 38.7 Å². The zero-order chi connectivity index (χ0) is 7.90. The second-order valence-electron chi connectivity index (χ2n) is 2.98. The zero-order valence-corrected chi connectivity index (χ0v) is 6.49. The van der Waals surface area contributed by atoms with Gasteiger partial charge in [-0.1, -0.05) is 13.0 Å². The third kappa shape index (κ3) is 1.00. The molecule has 2 heterocycles. The second-order valence-corrected chi connectivity index (χ2v) is 2.98. The van der Waals surface area contributed by atoms with Gasteiger partial charge in [-0.3, -0.25) is 0 Å². The van der Waals surface area contributed by atoms with Crippen molar-refractivity contribution in [3.05, 3.63) is 12.2 Å². The van der Waals surface area contributed by atoms with E-state index in [-0.39, 0.29) is 6.10 Å². The van der Waals surface area contributed by atoms with Gasteiger partial charge in [0.15, 0.2) is 5.79 Å². The Morgan fingerprint density at radius 2 is 2.55 bits per heavy atom. The molecule has 11 heavy (non-hydrogen) atoms. The third-order valence-corrected chi connectivity index (χ3v) is 2.26. The van der Waals surface area contributed by atoms with Crippen LogP contribution in [0.25, 0.3) is 0 Å². The van der Waals surface area contributed by atoms with Gasteiger partial charge in [-0.15, -0.1) is 0 Å². The van der Waals surface area contributed by atoms with E-state index in [0.29, 0.717) is 6.61 Å². The van der Waals surface area contributed by atoms with Gasteiger partial charge in [-0.05, 0) is 6.08 Å². The molecular weight excluding hydrogens is 144 g/mol. The molecule has 0 aromatic carbocycles. The van der Waals surface area contributed by atoms with Crippen molar-refractivity contribution in [1.82, 2.24) is 0 Å². The normalized spacial score (nSPS) is 48.2. The van der Waals surface area contributed by atoms with Gasteiger partial charge < -0.3 is 14.6 Å². The van der Waals surface area contributed by atoms with Crippen molar-refractivity contribution in [3.63, 3.8) is 0 Å². The van der Waals surface area contributed by atoms with Crippen LogP contribution in [0.2, 0.25) is 0 Å². The van der Waals surface area contributed by atoms with Crippen LogP contribution >= 0.6 is 0 Å². The van der Waals surface area contributed by atoms with Crippen molar-refractivity contribution in [2.24, 2.45) is 0 Å². The van der Waals surface area contributed by atoms with Crippen molar-refractivity contribution < 1.29 is 14.6 Å². The molecule has 2 aliphatic rings. The Morgan fingerprint density at radius 3 is 3.27 bits per heavy atom. The van der Waals surface area contributed by atoms with E-state index in [9.17, 15) is 5.11 Å². The predicted octanol–water partition coefficient (Wildman–Crippen LogP) is 0.439. The standard InChI is InChI=1S/C8H12O3/c1-2-8-4-3-6(9)7(11-8)5-10-8/h3-4,6-7,9H,2,5H2,1H3/t6?,7-,8-/m1/s1.